The fraction of sp³-hybridized carbons (Fsp3) is 0.318. The van der Waals surface area contributed by atoms with Crippen LogP contribution in [0.4, 0.5) is 0 Å². The molecule has 2 N–H and O–H groups in total. The van der Waals surface area contributed by atoms with Gasteiger partial charge in [0, 0.05) is 25.4 Å². The smallest absolute Gasteiger partial charge is 0.263 e. The number of thioether (sulfide) groups is 1. The van der Waals surface area contributed by atoms with E-state index in [2.05, 4.69) is 20.3 Å². The van der Waals surface area contributed by atoms with E-state index in [1.165, 1.54) is 17.3 Å². The quantitative estimate of drug-likeness (QED) is 0.498. The summed E-state index contributed by atoms with van der Waals surface area (Å²) in [6.07, 6.45) is 6.27. The van der Waals surface area contributed by atoms with Crippen LogP contribution in [0.1, 0.15) is 51.8 Å². The Morgan fingerprint density at radius 1 is 1.19 bits per heavy atom. The maximum absolute atomic E-state index is 12.6. The van der Waals surface area contributed by atoms with Gasteiger partial charge in [0.25, 0.3) is 11.8 Å². The molecule has 3 heterocycles. The predicted molar refractivity (Wildman–Crippen MR) is 119 cm³/mol. The van der Waals surface area contributed by atoms with Gasteiger partial charge in [-0.15, -0.1) is 0 Å². The van der Waals surface area contributed by atoms with Gasteiger partial charge in [0.05, 0.1) is 28.2 Å². The van der Waals surface area contributed by atoms with E-state index in [9.17, 15) is 14.4 Å². The number of carbonyl (C=O) groups excluding carboxylic acids is 3. The van der Waals surface area contributed by atoms with E-state index in [4.69, 9.17) is 0 Å². The van der Waals surface area contributed by atoms with Crippen molar-refractivity contribution in [3.63, 3.8) is 0 Å². The highest BCUT2D eigenvalue weighted by atomic mass is 32.2. The number of hydrogen-bond acceptors (Lipinski definition) is 6. The number of benzene rings is 1. The molecule has 1 aliphatic heterocycles. The highest BCUT2D eigenvalue weighted by molar-refractivity contribution is 7.98. The molecule has 0 spiro atoms. The normalized spacial score (nSPS) is 14.2. The van der Waals surface area contributed by atoms with Gasteiger partial charge in [0.2, 0.25) is 5.91 Å². The van der Waals surface area contributed by atoms with Crippen LogP contribution in [0, 0.1) is 0 Å². The number of hydrogen-bond donors (Lipinski definition) is 2. The molecule has 1 aliphatic rings. The number of aromatic nitrogens is 3. The van der Waals surface area contributed by atoms with Crippen LogP contribution in [0.3, 0.4) is 0 Å². The molecule has 4 rings (SSSR count). The van der Waals surface area contributed by atoms with Crippen molar-refractivity contribution in [2.75, 3.05) is 18.6 Å². The fourth-order valence-electron chi connectivity index (χ4n) is 3.65. The van der Waals surface area contributed by atoms with Crippen LogP contribution in [0.25, 0.3) is 11.0 Å². The summed E-state index contributed by atoms with van der Waals surface area (Å²) in [4.78, 5) is 50.4. The minimum Gasteiger partial charge on any atom is -0.346 e. The first-order chi connectivity index (χ1) is 15.1. The zero-order chi connectivity index (χ0) is 21.8. The average Bonchev–Trinajstić information content (AvgIpc) is 3.32. The number of imide groups is 1. The first-order valence-electron chi connectivity index (χ1n) is 10.1. The van der Waals surface area contributed by atoms with Crippen LogP contribution < -0.4 is 5.32 Å². The highest BCUT2D eigenvalue weighted by Crippen LogP contribution is 2.23. The molecule has 0 unspecified atom stereocenters. The second kappa shape index (κ2) is 9.30. The number of nitrogens with one attached hydrogen (secondary N) is 2. The third-order valence-corrected chi connectivity index (χ3v) is 5.89. The monoisotopic (exact) mass is 437 g/mol. The SMILES string of the molecule is CSCC[C@H](NC(=O)CCCN1C(=O)c2ccncc2C1=O)c1nc2ccccc2[nH]1. The lowest BCUT2D eigenvalue weighted by Crippen LogP contribution is -2.33. The van der Waals surface area contributed by atoms with Gasteiger partial charge < -0.3 is 10.3 Å². The summed E-state index contributed by atoms with van der Waals surface area (Å²) >= 11 is 1.71. The zero-order valence-corrected chi connectivity index (χ0v) is 17.9. The molecule has 1 atom stereocenters. The van der Waals surface area contributed by atoms with Crippen molar-refractivity contribution in [1.29, 1.82) is 0 Å². The molecule has 0 saturated carbocycles. The summed E-state index contributed by atoms with van der Waals surface area (Å²) in [7, 11) is 0. The summed E-state index contributed by atoms with van der Waals surface area (Å²) in [5.74, 6) is 0.795. The lowest BCUT2D eigenvalue weighted by Gasteiger charge is -2.17. The Hall–Kier alpha value is -3.20. The number of fused-ring (bicyclic) bond motifs is 2. The van der Waals surface area contributed by atoms with E-state index in [-0.39, 0.29) is 36.7 Å². The largest absolute Gasteiger partial charge is 0.346 e. The molecular weight excluding hydrogens is 414 g/mol. The second-order valence-corrected chi connectivity index (χ2v) is 8.31. The Kier molecular flexibility index (Phi) is 6.31. The van der Waals surface area contributed by atoms with Gasteiger partial charge >= 0.3 is 0 Å². The van der Waals surface area contributed by atoms with E-state index >= 15 is 0 Å². The van der Waals surface area contributed by atoms with Crippen LogP contribution >= 0.6 is 11.8 Å². The topological polar surface area (TPSA) is 108 Å². The molecule has 0 saturated heterocycles. The van der Waals surface area contributed by atoms with E-state index in [1.54, 1.807) is 17.8 Å². The third kappa shape index (κ3) is 4.46. The fourth-order valence-corrected chi connectivity index (χ4v) is 4.12. The molecule has 0 radical (unpaired) electrons. The average molecular weight is 438 g/mol. The summed E-state index contributed by atoms with van der Waals surface area (Å²) in [5, 5.41) is 3.05. The number of para-hydroxylation sites is 2. The van der Waals surface area contributed by atoms with E-state index in [0.717, 1.165) is 29.0 Å². The Morgan fingerprint density at radius 3 is 2.77 bits per heavy atom. The molecule has 0 bridgehead atoms. The Morgan fingerprint density at radius 2 is 2.00 bits per heavy atom. The van der Waals surface area contributed by atoms with Gasteiger partial charge in [-0.2, -0.15) is 11.8 Å². The highest BCUT2D eigenvalue weighted by Gasteiger charge is 2.35. The molecule has 3 aromatic rings. The number of amides is 3. The lowest BCUT2D eigenvalue weighted by atomic mass is 10.2. The molecule has 8 nitrogen and oxygen atoms in total. The van der Waals surface area contributed by atoms with Crippen LogP contribution in [0.15, 0.2) is 42.7 Å². The number of rotatable bonds is 9. The van der Waals surface area contributed by atoms with E-state index < -0.39 is 0 Å². The van der Waals surface area contributed by atoms with Crippen LogP contribution in [-0.4, -0.2) is 56.1 Å². The van der Waals surface area contributed by atoms with Crippen LogP contribution in [0.2, 0.25) is 0 Å². The molecule has 1 aromatic carbocycles. The number of carbonyl (C=O) groups is 3. The van der Waals surface area contributed by atoms with Crippen molar-refractivity contribution in [3.8, 4) is 0 Å². The van der Waals surface area contributed by atoms with Gasteiger partial charge in [0.1, 0.15) is 5.82 Å². The molecule has 3 amide bonds. The molecule has 9 heteroatoms. The molecule has 160 valence electrons. The standard InChI is InChI=1S/C22H23N5O3S/c1-31-12-9-18(20-25-16-5-2-3-6-17(16)26-20)24-19(28)7-4-11-27-21(29)14-8-10-23-13-15(14)22(27)30/h2-3,5-6,8,10,13,18H,4,7,9,11-12H2,1H3,(H,24,28)(H,25,26)/t18-/m0/s1. The minimum absolute atomic E-state index is 0.134. The first kappa shape index (κ1) is 21.0. The van der Waals surface area contributed by atoms with Gasteiger partial charge in [-0.05, 0) is 43.0 Å². The number of pyridine rings is 1. The predicted octanol–water partition coefficient (Wildman–Crippen LogP) is 2.94. The molecule has 31 heavy (non-hydrogen) atoms. The van der Waals surface area contributed by atoms with Crippen molar-refractivity contribution in [2.45, 2.75) is 25.3 Å². The van der Waals surface area contributed by atoms with Gasteiger partial charge in [0.15, 0.2) is 0 Å². The van der Waals surface area contributed by atoms with Crippen molar-refractivity contribution in [3.05, 3.63) is 59.7 Å². The summed E-state index contributed by atoms with van der Waals surface area (Å²) in [6, 6.07) is 9.08. The van der Waals surface area contributed by atoms with E-state index in [1.807, 2.05) is 30.5 Å². The maximum Gasteiger partial charge on any atom is 0.263 e. The van der Waals surface area contributed by atoms with Crippen molar-refractivity contribution in [2.24, 2.45) is 0 Å². The number of aromatic amines is 1. The van der Waals surface area contributed by atoms with Gasteiger partial charge in [-0.25, -0.2) is 4.98 Å². The lowest BCUT2D eigenvalue weighted by molar-refractivity contribution is -0.122. The zero-order valence-electron chi connectivity index (χ0n) is 17.1. The number of H-pyrrole nitrogens is 1. The summed E-state index contributed by atoms with van der Waals surface area (Å²) in [5.41, 5.74) is 2.48. The van der Waals surface area contributed by atoms with Crippen molar-refractivity contribution >= 4 is 40.5 Å². The second-order valence-electron chi connectivity index (χ2n) is 7.33. The molecule has 0 aliphatic carbocycles. The van der Waals surface area contributed by atoms with Crippen LogP contribution in [0.5, 0.6) is 0 Å². The Bertz CT molecular complexity index is 1060. The summed E-state index contributed by atoms with van der Waals surface area (Å²) < 4.78 is 0. The van der Waals surface area contributed by atoms with Gasteiger partial charge in [-0.1, -0.05) is 12.1 Å². The number of imidazole rings is 1. The van der Waals surface area contributed by atoms with E-state index in [0.29, 0.717) is 17.5 Å². The van der Waals surface area contributed by atoms with Crippen molar-refractivity contribution in [1.82, 2.24) is 25.2 Å². The third-order valence-electron chi connectivity index (χ3n) is 5.24. The minimum atomic E-state index is -0.353. The molecular formula is C22H23N5O3S. The Balaban J connectivity index is 1.35. The van der Waals surface area contributed by atoms with Gasteiger partial charge in [-0.3, -0.25) is 24.3 Å². The molecule has 2 aromatic heterocycles. The summed E-state index contributed by atoms with van der Waals surface area (Å²) in [6.45, 7) is 0.194. The Labute approximate surface area is 183 Å². The molecule has 0 fully saturated rings. The first-order valence-corrected chi connectivity index (χ1v) is 11.5. The number of nitrogens with zero attached hydrogens (tertiary/aromatic N) is 3. The maximum atomic E-state index is 12.6. The van der Waals surface area contributed by atoms with Crippen molar-refractivity contribution < 1.29 is 14.4 Å². The van der Waals surface area contributed by atoms with Crippen LogP contribution in [-0.2, 0) is 4.79 Å².